The van der Waals surface area contributed by atoms with E-state index in [2.05, 4.69) is 10.6 Å². The van der Waals surface area contributed by atoms with Gasteiger partial charge in [0.1, 0.15) is 0 Å². The minimum absolute atomic E-state index is 0.159. The molecule has 0 saturated carbocycles. The Kier molecular flexibility index (Phi) is 4.58. The highest BCUT2D eigenvalue weighted by Gasteiger charge is 2.36. The fraction of sp³-hybridized carbons (Fsp3) is 0.111. The lowest BCUT2D eigenvalue weighted by atomic mass is 10.1. The third kappa shape index (κ3) is 3.27. The highest BCUT2D eigenvalue weighted by molar-refractivity contribution is 7.80. The number of nitrogens with zero attached hydrogens (tertiary/aromatic N) is 1. The van der Waals surface area contributed by atoms with Crippen molar-refractivity contribution in [3.8, 4) is 0 Å². The number of anilines is 2. The molecule has 1 aliphatic rings. The van der Waals surface area contributed by atoms with E-state index in [-0.39, 0.29) is 22.8 Å². The lowest BCUT2D eigenvalue weighted by molar-refractivity contribution is -0.119. The maximum absolute atomic E-state index is 12.5. The Hall–Kier alpha value is -3.06. The van der Waals surface area contributed by atoms with Crippen LogP contribution in [0.1, 0.15) is 34.1 Å². The van der Waals surface area contributed by atoms with E-state index >= 15 is 0 Å². The number of carbonyl (C=O) groups is 3. The van der Waals surface area contributed by atoms with Gasteiger partial charge in [-0.05, 0) is 42.5 Å². The number of thiocarbonyl (C=S) groups is 1. The number of benzene rings is 2. The average Bonchev–Trinajstić information content (AvgIpc) is 2.86. The Balaban J connectivity index is 1.83. The standard InChI is InChI=1S/C18H15N3O3S/c1-2-15(22)20-18(25)19-11-6-5-7-12(10-11)21-16(23)13-8-3-4-9-14(13)17(21)24/h3-10H,2H2,1H3,(H2,19,20,22,25). The summed E-state index contributed by atoms with van der Waals surface area (Å²) in [4.78, 5) is 37.5. The number of nitrogens with one attached hydrogen (secondary N) is 2. The third-order valence-electron chi connectivity index (χ3n) is 3.73. The zero-order valence-electron chi connectivity index (χ0n) is 13.4. The zero-order chi connectivity index (χ0) is 18.0. The maximum atomic E-state index is 12.5. The van der Waals surface area contributed by atoms with Crippen molar-refractivity contribution in [1.29, 1.82) is 0 Å². The smallest absolute Gasteiger partial charge is 0.266 e. The summed E-state index contributed by atoms with van der Waals surface area (Å²) in [6.45, 7) is 1.72. The van der Waals surface area contributed by atoms with E-state index in [0.717, 1.165) is 4.90 Å². The number of fused-ring (bicyclic) bond motifs is 1. The Morgan fingerprint density at radius 2 is 1.68 bits per heavy atom. The first-order chi connectivity index (χ1) is 12.0. The molecule has 0 aliphatic carbocycles. The number of imide groups is 1. The van der Waals surface area contributed by atoms with Crippen LogP contribution in [0.15, 0.2) is 48.5 Å². The van der Waals surface area contributed by atoms with Crippen molar-refractivity contribution in [2.24, 2.45) is 0 Å². The second-order valence-corrected chi connectivity index (χ2v) is 5.81. The van der Waals surface area contributed by atoms with Gasteiger partial charge in [-0.1, -0.05) is 25.1 Å². The van der Waals surface area contributed by atoms with Crippen LogP contribution in [-0.2, 0) is 4.79 Å². The van der Waals surface area contributed by atoms with Gasteiger partial charge in [-0.25, -0.2) is 4.90 Å². The molecule has 0 bridgehead atoms. The number of hydrogen-bond donors (Lipinski definition) is 2. The molecule has 2 aromatic rings. The predicted octanol–water partition coefficient (Wildman–Crippen LogP) is 2.71. The van der Waals surface area contributed by atoms with Gasteiger partial charge in [0.25, 0.3) is 11.8 Å². The van der Waals surface area contributed by atoms with Crippen LogP contribution in [0.2, 0.25) is 0 Å². The zero-order valence-corrected chi connectivity index (χ0v) is 14.2. The largest absolute Gasteiger partial charge is 0.332 e. The van der Waals surface area contributed by atoms with Crippen molar-refractivity contribution in [1.82, 2.24) is 5.32 Å². The fourth-order valence-electron chi connectivity index (χ4n) is 2.52. The minimum atomic E-state index is -0.361. The van der Waals surface area contributed by atoms with E-state index < -0.39 is 0 Å². The quantitative estimate of drug-likeness (QED) is 0.655. The molecule has 0 fully saturated rings. The Labute approximate surface area is 149 Å². The molecule has 2 N–H and O–H groups in total. The molecule has 6 nitrogen and oxygen atoms in total. The molecule has 126 valence electrons. The molecule has 3 amide bonds. The summed E-state index contributed by atoms with van der Waals surface area (Å²) in [5.74, 6) is -0.923. The molecule has 1 aliphatic heterocycles. The summed E-state index contributed by atoms with van der Waals surface area (Å²) in [5, 5.41) is 5.56. The number of hydrogen-bond acceptors (Lipinski definition) is 4. The molecule has 0 saturated heterocycles. The van der Waals surface area contributed by atoms with Crippen LogP contribution in [0.5, 0.6) is 0 Å². The van der Waals surface area contributed by atoms with Crippen LogP contribution in [0.25, 0.3) is 0 Å². The predicted molar refractivity (Wildman–Crippen MR) is 98.7 cm³/mol. The summed E-state index contributed by atoms with van der Waals surface area (Å²) in [5.41, 5.74) is 1.77. The second-order valence-electron chi connectivity index (χ2n) is 5.40. The highest BCUT2D eigenvalue weighted by atomic mass is 32.1. The van der Waals surface area contributed by atoms with Gasteiger partial charge in [0, 0.05) is 12.1 Å². The first-order valence-electron chi connectivity index (χ1n) is 7.70. The lowest BCUT2D eigenvalue weighted by Gasteiger charge is -2.16. The Morgan fingerprint density at radius 3 is 2.28 bits per heavy atom. The highest BCUT2D eigenvalue weighted by Crippen LogP contribution is 2.29. The Morgan fingerprint density at radius 1 is 1.04 bits per heavy atom. The number of rotatable bonds is 3. The SMILES string of the molecule is CCC(=O)NC(=S)Nc1cccc(N2C(=O)c3ccccc3C2=O)c1. The monoisotopic (exact) mass is 353 g/mol. The van der Waals surface area contributed by atoms with E-state index in [4.69, 9.17) is 12.2 Å². The van der Waals surface area contributed by atoms with E-state index in [0.29, 0.717) is 28.9 Å². The molecule has 3 rings (SSSR count). The molecule has 0 aromatic heterocycles. The van der Waals surface area contributed by atoms with Gasteiger partial charge in [0.2, 0.25) is 5.91 Å². The summed E-state index contributed by atoms with van der Waals surface area (Å²) in [7, 11) is 0. The normalized spacial score (nSPS) is 12.8. The van der Waals surface area contributed by atoms with Gasteiger partial charge in [-0.3, -0.25) is 14.4 Å². The molecule has 0 radical (unpaired) electrons. The van der Waals surface area contributed by atoms with Crippen molar-refractivity contribution in [2.75, 3.05) is 10.2 Å². The topological polar surface area (TPSA) is 78.5 Å². The molecule has 0 spiro atoms. The lowest BCUT2D eigenvalue weighted by Crippen LogP contribution is -2.33. The van der Waals surface area contributed by atoms with Crippen LogP contribution < -0.4 is 15.5 Å². The molecular formula is C18H15N3O3S. The Bertz CT molecular complexity index is 860. The van der Waals surface area contributed by atoms with E-state index in [1.165, 1.54) is 0 Å². The third-order valence-corrected chi connectivity index (χ3v) is 3.93. The first kappa shape index (κ1) is 16.8. The van der Waals surface area contributed by atoms with Gasteiger partial charge in [0.05, 0.1) is 16.8 Å². The van der Waals surface area contributed by atoms with Crippen LogP contribution in [0, 0.1) is 0 Å². The average molecular weight is 353 g/mol. The summed E-state index contributed by atoms with van der Waals surface area (Å²) in [6, 6.07) is 13.4. The fourth-order valence-corrected chi connectivity index (χ4v) is 2.76. The molecular weight excluding hydrogens is 338 g/mol. The van der Waals surface area contributed by atoms with E-state index in [1.54, 1.807) is 55.5 Å². The van der Waals surface area contributed by atoms with Gasteiger partial charge >= 0.3 is 0 Å². The van der Waals surface area contributed by atoms with Crippen LogP contribution >= 0.6 is 12.2 Å². The molecule has 1 heterocycles. The van der Waals surface area contributed by atoms with Crippen molar-refractivity contribution in [3.05, 3.63) is 59.7 Å². The summed E-state index contributed by atoms with van der Waals surface area (Å²) < 4.78 is 0. The molecule has 7 heteroatoms. The van der Waals surface area contributed by atoms with Crippen molar-refractivity contribution in [3.63, 3.8) is 0 Å². The van der Waals surface area contributed by atoms with Crippen molar-refractivity contribution < 1.29 is 14.4 Å². The summed E-state index contributed by atoms with van der Waals surface area (Å²) >= 11 is 5.07. The van der Waals surface area contributed by atoms with E-state index in [1.807, 2.05) is 0 Å². The maximum Gasteiger partial charge on any atom is 0.266 e. The first-order valence-corrected chi connectivity index (χ1v) is 8.10. The van der Waals surface area contributed by atoms with Gasteiger partial charge < -0.3 is 10.6 Å². The van der Waals surface area contributed by atoms with Crippen LogP contribution in [0.3, 0.4) is 0 Å². The van der Waals surface area contributed by atoms with Gasteiger partial charge in [0.15, 0.2) is 5.11 Å². The van der Waals surface area contributed by atoms with Gasteiger partial charge in [-0.15, -0.1) is 0 Å². The summed E-state index contributed by atoms with van der Waals surface area (Å²) in [6.07, 6.45) is 0.316. The second kappa shape index (κ2) is 6.82. The molecule has 25 heavy (non-hydrogen) atoms. The van der Waals surface area contributed by atoms with Crippen molar-refractivity contribution >= 4 is 46.4 Å². The van der Waals surface area contributed by atoms with Gasteiger partial charge in [-0.2, -0.15) is 0 Å². The van der Waals surface area contributed by atoms with E-state index in [9.17, 15) is 14.4 Å². The van der Waals surface area contributed by atoms with Crippen molar-refractivity contribution in [2.45, 2.75) is 13.3 Å². The van der Waals surface area contributed by atoms with Crippen LogP contribution in [0.4, 0.5) is 11.4 Å². The number of carbonyl (C=O) groups excluding carboxylic acids is 3. The minimum Gasteiger partial charge on any atom is -0.332 e. The number of amides is 3. The molecule has 0 unspecified atom stereocenters. The molecule has 2 aromatic carbocycles. The van der Waals surface area contributed by atoms with Crippen LogP contribution in [-0.4, -0.2) is 22.8 Å². The molecule has 0 atom stereocenters.